The van der Waals surface area contributed by atoms with Crippen LogP contribution in [0.2, 0.25) is 0 Å². The first kappa shape index (κ1) is 23.6. The van der Waals surface area contributed by atoms with Crippen molar-refractivity contribution in [3.8, 4) is 5.75 Å². The van der Waals surface area contributed by atoms with Crippen LogP contribution in [0.25, 0.3) is 16.3 Å². The highest BCUT2D eigenvalue weighted by atomic mass is 32.2. The predicted molar refractivity (Wildman–Crippen MR) is 143 cm³/mol. The number of nitrogens with zero attached hydrogens (tertiary/aromatic N) is 3. The minimum atomic E-state index is 0.895. The molecule has 0 aliphatic carbocycles. The van der Waals surface area contributed by atoms with Gasteiger partial charge in [-0.2, -0.15) is 4.57 Å². The number of thiazole rings is 1. The molecule has 1 aliphatic heterocycles. The van der Waals surface area contributed by atoms with Gasteiger partial charge < -0.3 is 14.5 Å². The molecule has 0 amide bonds. The molecule has 0 saturated heterocycles. The second-order valence-electron chi connectivity index (χ2n) is 8.29. The average Bonchev–Trinajstić information content (AvgIpc) is 3.32. The quantitative estimate of drug-likeness (QED) is 0.297. The van der Waals surface area contributed by atoms with Crippen molar-refractivity contribution in [1.82, 2.24) is 4.90 Å². The number of aromatic nitrogens is 1. The van der Waals surface area contributed by atoms with Gasteiger partial charge in [0.15, 0.2) is 0 Å². The van der Waals surface area contributed by atoms with E-state index >= 15 is 0 Å². The minimum Gasteiger partial charge on any atom is -0.497 e. The van der Waals surface area contributed by atoms with Gasteiger partial charge in [0.05, 0.1) is 17.8 Å². The number of fused-ring (bicyclic) bond motifs is 2. The summed E-state index contributed by atoms with van der Waals surface area (Å²) in [6.45, 7) is 4.21. The predicted octanol–water partition coefficient (Wildman–Crippen LogP) is 5.88. The monoisotopic (exact) mass is 478 g/mol. The van der Waals surface area contributed by atoms with E-state index in [0.29, 0.717) is 0 Å². The van der Waals surface area contributed by atoms with Crippen LogP contribution in [0.1, 0.15) is 17.5 Å². The summed E-state index contributed by atoms with van der Waals surface area (Å²) >= 11 is 3.64. The molecule has 1 aliphatic rings. The molecule has 0 unspecified atom stereocenters. The highest BCUT2D eigenvalue weighted by molar-refractivity contribution is 8.03. The molecule has 33 heavy (non-hydrogen) atoms. The molecular weight excluding hydrogens is 446 g/mol. The van der Waals surface area contributed by atoms with E-state index in [4.69, 9.17) is 4.74 Å². The highest BCUT2D eigenvalue weighted by Gasteiger charge is 2.24. The lowest BCUT2D eigenvalue weighted by molar-refractivity contribution is -0.642. The van der Waals surface area contributed by atoms with E-state index in [-0.39, 0.29) is 0 Å². The van der Waals surface area contributed by atoms with Crippen LogP contribution in [-0.4, -0.2) is 39.2 Å². The summed E-state index contributed by atoms with van der Waals surface area (Å²) in [5.74, 6) is 0.895. The van der Waals surface area contributed by atoms with Crippen molar-refractivity contribution < 1.29 is 9.30 Å². The second-order valence-corrected chi connectivity index (χ2v) is 10.4. The van der Waals surface area contributed by atoms with E-state index in [1.165, 1.54) is 36.4 Å². The van der Waals surface area contributed by atoms with Crippen LogP contribution in [0.4, 0.5) is 5.69 Å². The van der Waals surface area contributed by atoms with Crippen molar-refractivity contribution in [2.24, 2.45) is 7.05 Å². The van der Waals surface area contributed by atoms with Gasteiger partial charge >= 0.3 is 0 Å². The molecular formula is C27H32N3OS2+. The maximum atomic E-state index is 5.36. The Morgan fingerprint density at radius 2 is 1.94 bits per heavy atom. The van der Waals surface area contributed by atoms with E-state index in [0.717, 1.165) is 25.3 Å². The molecule has 4 nitrogen and oxygen atoms in total. The maximum absolute atomic E-state index is 5.36. The molecule has 3 aromatic rings. The van der Waals surface area contributed by atoms with Gasteiger partial charge in [0.1, 0.15) is 17.5 Å². The zero-order chi connectivity index (χ0) is 23.4. The lowest BCUT2D eigenvalue weighted by Crippen LogP contribution is -2.28. The van der Waals surface area contributed by atoms with Crippen LogP contribution in [0.3, 0.4) is 0 Å². The van der Waals surface area contributed by atoms with E-state index in [1.807, 2.05) is 17.8 Å². The van der Waals surface area contributed by atoms with Crippen LogP contribution in [-0.2, 0) is 13.5 Å². The molecule has 0 spiro atoms. The second kappa shape index (κ2) is 10.6. The number of methoxy groups -OCH3 is 1. The van der Waals surface area contributed by atoms with Gasteiger partial charge in [0, 0.05) is 36.2 Å². The van der Waals surface area contributed by atoms with Crippen molar-refractivity contribution in [2.45, 2.75) is 18.2 Å². The Kier molecular flexibility index (Phi) is 7.58. The Hall–Kier alpha value is -2.54. The summed E-state index contributed by atoms with van der Waals surface area (Å²) in [6.07, 6.45) is 11.8. The standard InChI is InChI=1S/C27H32N3OS2/c1-6-20-12-14-23-24(18-20)33-27(30(23)17-16-28(2)3)11-9-7-8-10-26-29(4)22-15-13-21(31-5)19-25(22)32-26/h7-15,18-19H,6,16-17H2,1-5H3/q+1. The Morgan fingerprint density at radius 1 is 1.09 bits per heavy atom. The van der Waals surface area contributed by atoms with Gasteiger partial charge in [-0.3, -0.25) is 0 Å². The summed E-state index contributed by atoms with van der Waals surface area (Å²) < 4.78 is 8.81. The Balaban J connectivity index is 1.51. The van der Waals surface area contributed by atoms with Gasteiger partial charge in [0.2, 0.25) is 5.52 Å². The first-order valence-electron chi connectivity index (χ1n) is 11.2. The molecule has 0 radical (unpaired) electrons. The first-order chi connectivity index (χ1) is 16.0. The Bertz CT molecular complexity index is 1220. The molecule has 1 aromatic heterocycles. The summed E-state index contributed by atoms with van der Waals surface area (Å²) in [4.78, 5) is 6.03. The smallest absolute Gasteiger partial charge is 0.262 e. The van der Waals surface area contributed by atoms with Crippen molar-refractivity contribution in [3.63, 3.8) is 0 Å². The lowest BCUT2D eigenvalue weighted by atomic mass is 10.1. The number of thioether (sulfide) groups is 1. The van der Waals surface area contributed by atoms with E-state index in [1.54, 1.807) is 18.4 Å². The van der Waals surface area contributed by atoms with Crippen LogP contribution in [0, 0.1) is 0 Å². The van der Waals surface area contributed by atoms with Crippen molar-refractivity contribution >= 4 is 45.1 Å². The van der Waals surface area contributed by atoms with E-state index in [9.17, 15) is 0 Å². The number of anilines is 1. The first-order valence-corrected chi connectivity index (χ1v) is 12.9. The number of rotatable bonds is 8. The molecule has 0 atom stereocenters. The van der Waals surface area contributed by atoms with Gasteiger partial charge in [-0.25, -0.2) is 0 Å². The fourth-order valence-electron chi connectivity index (χ4n) is 3.79. The Morgan fingerprint density at radius 3 is 2.70 bits per heavy atom. The minimum absolute atomic E-state index is 0.895. The molecule has 172 valence electrons. The van der Waals surface area contributed by atoms with Crippen LogP contribution in [0.5, 0.6) is 5.75 Å². The topological polar surface area (TPSA) is 19.6 Å². The summed E-state index contributed by atoms with van der Waals surface area (Å²) in [5, 5.41) is 2.49. The molecule has 6 heteroatoms. The number of benzene rings is 2. The number of ether oxygens (including phenoxy) is 1. The molecule has 4 rings (SSSR count). The van der Waals surface area contributed by atoms with Crippen molar-refractivity contribution in [2.75, 3.05) is 39.2 Å². The molecule has 0 fully saturated rings. The molecule has 2 heterocycles. The lowest BCUT2D eigenvalue weighted by Gasteiger charge is -2.22. The van der Waals surface area contributed by atoms with Gasteiger partial charge in [-0.1, -0.05) is 54.3 Å². The van der Waals surface area contributed by atoms with E-state index in [2.05, 4.69) is 103 Å². The molecule has 0 bridgehead atoms. The average molecular weight is 479 g/mol. The zero-order valence-electron chi connectivity index (χ0n) is 20.0. The highest BCUT2D eigenvalue weighted by Crippen LogP contribution is 2.46. The van der Waals surface area contributed by atoms with Crippen LogP contribution in [0.15, 0.2) is 70.6 Å². The van der Waals surface area contributed by atoms with Gasteiger partial charge in [-0.05, 0) is 50.4 Å². The molecule has 0 saturated carbocycles. The SMILES string of the molecule is CCc1ccc2c(c1)SC(=CC=CC=Cc1sc3cc(OC)ccc3[n+]1C)N2CCN(C)C. The fraction of sp³-hybridized carbons (Fsp3) is 0.296. The largest absolute Gasteiger partial charge is 0.497 e. The summed E-state index contributed by atoms with van der Waals surface area (Å²) in [6, 6.07) is 13.1. The number of aryl methyl sites for hydroxylation is 2. The van der Waals surface area contributed by atoms with Gasteiger partial charge in [0.25, 0.3) is 5.01 Å². The summed E-state index contributed by atoms with van der Waals surface area (Å²) in [5.41, 5.74) is 3.93. The van der Waals surface area contributed by atoms with Gasteiger partial charge in [-0.15, -0.1) is 0 Å². The number of likely N-dealkylation sites (N-methyl/N-ethyl adjacent to an activating group) is 1. The maximum Gasteiger partial charge on any atom is 0.262 e. The Labute approximate surface area is 205 Å². The van der Waals surface area contributed by atoms with Crippen molar-refractivity contribution in [1.29, 1.82) is 0 Å². The van der Waals surface area contributed by atoms with Crippen molar-refractivity contribution in [3.05, 3.63) is 76.3 Å². The molecule has 0 N–H and O–H groups in total. The number of allylic oxidation sites excluding steroid dienone is 4. The third-order valence-electron chi connectivity index (χ3n) is 5.75. The van der Waals surface area contributed by atoms with E-state index < -0.39 is 0 Å². The molecule has 2 aromatic carbocycles. The summed E-state index contributed by atoms with van der Waals surface area (Å²) in [7, 11) is 8.07. The number of hydrogen-bond donors (Lipinski definition) is 0. The normalized spacial score (nSPS) is 15.1. The fourth-order valence-corrected chi connectivity index (χ4v) is 6.05. The third kappa shape index (κ3) is 5.35. The number of hydrogen-bond acceptors (Lipinski definition) is 5. The third-order valence-corrected chi connectivity index (χ3v) is 8.03. The van der Waals surface area contributed by atoms with Crippen LogP contribution < -0.4 is 14.2 Å². The van der Waals surface area contributed by atoms with Crippen LogP contribution >= 0.6 is 23.1 Å². The zero-order valence-corrected chi connectivity index (χ0v) is 21.7.